The molecule has 1 aromatic heterocycles. The maximum atomic E-state index is 11.1. The van der Waals surface area contributed by atoms with Gasteiger partial charge in [-0.3, -0.25) is 0 Å². The summed E-state index contributed by atoms with van der Waals surface area (Å²) in [6.07, 6.45) is 5.21. The van der Waals surface area contributed by atoms with Gasteiger partial charge in [-0.15, -0.1) is 0 Å². The molecule has 7 heteroatoms. The second-order valence-corrected chi connectivity index (χ2v) is 6.22. The molecule has 3 rings (SSSR count). The molecule has 0 spiro atoms. The summed E-state index contributed by atoms with van der Waals surface area (Å²) < 4.78 is 5.74. The molecule has 25 heavy (non-hydrogen) atoms. The van der Waals surface area contributed by atoms with Gasteiger partial charge in [0.15, 0.2) is 0 Å². The SMILES string of the molecule is COC1CCCN(c2ccc(C(=O)O)cc2)C1(C)Nc1ncccn1. The number of anilines is 2. The summed E-state index contributed by atoms with van der Waals surface area (Å²) in [6.45, 7) is 2.88. The number of hydrogen-bond acceptors (Lipinski definition) is 6. The molecule has 0 radical (unpaired) electrons. The Labute approximate surface area is 146 Å². The number of aromatic carboxylic acids is 1. The van der Waals surface area contributed by atoms with Crippen LogP contribution >= 0.6 is 0 Å². The van der Waals surface area contributed by atoms with Gasteiger partial charge in [-0.25, -0.2) is 14.8 Å². The zero-order valence-electron chi connectivity index (χ0n) is 14.3. The van der Waals surface area contributed by atoms with Crippen molar-refractivity contribution in [1.82, 2.24) is 9.97 Å². The van der Waals surface area contributed by atoms with Crippen LogP contribution in [0.5, 0.6) is 0 Å². The Bertz CT molecular complexity index is 723. The number of aromatic nitrogens is 2. The van der Waals surface area contributed by atoms with Gasteiger partial charge in [-0.2, -0.15) is 0 Å². The molecule has 1 aliphatic heterocycles. The second kappa shape index (κ2) is 7.06. The van der Waals surface area contributed by atoms with Gasteiger partial charge < -0.3 is 20.1 Å². The lowest BCUT2D eigenvalue weighted by Crippen LogP contribution is -2.64. The van der Waals surface area contributed by atoms with E-state index in [9.17, 15) is 4.79 Å². The smallest absolute Gasteiger partial charge is 0.335 e. The van der Waals surface area contributed by atoms with E-state index in [0.29, 0.717) is 5.95 Å². The van der Waals surface area contributed by atoms with E-state index in [2.05, 4.69) is 27.1 Å². The van der Waals surface area contributed by atoms with Crippen molar-refractivity contribution in [3.63, 3.8) is 0 Å². The minimum absolute atomic E-state index is 0.0655. The fraction of sp³-hybridized carbons (Fsp3) is 0.389. The number of carboxylic acid groups (broad SMARTS) is 1. The molecular weight excluding hydrogens is 320 g/mol. The van der Waals surface area contributed by atoms with Crippen LogP contribution in [-0.4, -0.2) is 46.5 Å². The van der Waals surface area contributed by atoms with E-state index in [4.69, 9.17) is 9.84 Å². The van der Waals surface area contributed by atoms with Gasteiger partial charge in [0.1, 0.15) is 5.66 Å². The first-order valence-electron chi connectivity index (χ1n) is 8.23. The Morgan fingerprint density at radius 2 is 2.00 bits per heavy atom. The molecule has 0 bridgehead atoms. The standard InChI is InChI=1S/C18H22N4O3/c1-18(21-17-19-10-4-11-20-17)15(25-2)5-3-12-22(18)14-8-6-13(7-9-14)16(23)24/h4,6-11,15H,3,5,12H2,1-2H3,(H,23,24)(H,19,20,21). The molecule has 2 aromatic rings. The van der Waals surface area contributed by atoms with Gasteiger partial charge in [0.25, 0.3) is 0 Å². The van der Waals surface area contributed by atoms with Crippen molar-refractivity contribution in [2.75, 3.05) is 23.9 Å². The highest BCUT2D eigenvalue weighted by Crippen LogP contribution is 2.35. The summed E-state index contributed by atoms with van der Waals surface area (Å²) in [5, 5.41) is 12.5. The summed E-state index contributed by atoms with van der Waals surface area (Å²) in [6, 6.07) is 8.66. The van der Waals surface area contributed by atoms with Crippen LogP contribution in [0.3, 0.4) is 0 Å². The van der Waals surface area contributed by atoms with Crippen molar-refractivity contribution < 1.29 is 14.6 Å². The average molecular weight is 342 g/mol. The van der Waals surface area contributed by atoms with Crippen molar-refractivity contribution in [2.45, 2.75) is 31.5 Å². The van der Waals surface area contributed by atoms with E-state index < -0.39 is 11.6 Å². The molecule has 2 heterocycles. The van der Waals surface area contributed by atoms with Gasteiger partial charge in [0.2, 0.25) is 5.95 Å². The summed E-state index contributed by atoms with van der Waals surface area (Å²) in [5.74, 6) is -0.403. The molecule has 2 unspecified atom stereocenters. The number of piperidine rings is 1. The Balaban J connectivity index is 1.95. The molecule has 1 aliphatic rings. The number of rotatable bonds is 5. The number of benzene rings is 1. The predicted octanol–water partition coefficient (Wildman–Crippen LogP) is 2.62. The Morgan fingerprint density at radius 3 is 2.60 bits per heavy atom. The Hall–Kier alpha value is -2.67. The topological polar surface area (TPSA) is 87.6 Å². The van der Waals surface area contributed by atoms with Crippen molar-refractivity contribution in [1.29, 1.82) is 0 Å². The zero-order valence-corrected chi connectivity index (χ0v) is 14.3. The fourth-order valence-corrected chi connectivity index (χ4v) is 3.39. The Morgan fingerprint density at radius 1 is 1.32 bits per heavy atom. The lowest BCUT2D eigenvalue weighted by atomic mass is 9.92. The molecule has 1 fully saturated rings. The first kappa shape index (κ1) is 17.2. The second-order valence-electron chi connectivity index (χ2n) is 6.22. The number of carboxylic acids is 1. The number of nitrogens with zero attached hydrogens (tertiary/aromatic N) is 3. The van der Waals surface area contributed by atoms with Crippen LogP contribution in [-0.2, 0) is 4.74 Å². The minimum atomic E-state index is -0.932. The number of methoxy groups -OCH3 is 1. The average Bonchev–Trinajstić information content (AvgIpc) is 2.62. The summed E-state index contributed by atoms with van der Waals surface area (Å²) in [5.41, 5.74) is 0.641. The molecule has 0 amide bonds. The van der Waals surface area contributed by atoms with Crippen LogP contribution in [0.15, 0.2) is 42.7 Å². The molecule has 132 valence electrons. The number of nitrogens with one attached hydrogen (secondary N) is 1. The van der Waals surface area contributed by atoms with Gasteiger partial charge in [0, 0.05) is 31.7 Å². The van der Waals surface area contributed by atoms with Crippen LogP contribution < -0.4 is 10.2 Å². The van der Waals surface area contributed by atoms with Gasteiger partial charge in [-0.1, -0.05) is 0 Å². The van der Waals surface area contributed by atoms with Crippen molar-refractivity contribution in [2.24, 2.45) is 0 Å². The van der Waals surface area contributed by atoms with Crippen molar-refractivity contribution in [3.05, 3.63) is 48.3 Å². The summed E-state index contributed by atoms with van der Waals surface area (Å²) in [4.78, 5) is 21.8. The molecular formula is C18H22N4O3. The zero-order chi connectivity index (χ0) is 17.9. The molecule has 0 aliphatic carbocycles. The third-order valence-corrected chi connectivity index (χ3v) is 4.68. The van der Waals surface area contributed by atoms with Gasteiger partial charge in [-0.05, 0) is 50.1 Å². The quantitative estimate of drug-likeness (QED) is 0.863. The fourth-order valence-electron chi connectivity index (χ4n) is 3.39. The minimum Gasteiger partial charge on any atom is -0.478 e. The largest absolute Gasteiger partial charge is 0.478 e. The first-order valence-corrected chi connectivity index (χ1v) is 8.23. The molecule has 1 aromatic carbocycles. The van der Waals surface area contributed by atoms with E-state index in [-0.39, 0.29) is 11.7 Å². The third kappa shape index (κ3) is 3.41. The van der Waals surface area contributed by atoms with Crippen molar-refractivity contribution in [3.8, 4) is 0 Å². The number of carbonyl (C=O) groups is 1. The highest BCUT2D eigenvalue weighted by atomic mass is 16.5. The van der Waals surface area contributed by atoms with Gasteiger partial charge in [0.05, 0.1) is 11.7 Å². The Kier molecular flexibility index (Phi) is 4.85. The number of hydrogen-bond donors (Lipinski definition) is 2. The van der Waals surface area contributed by atoms with Crippen LogP contribution in [0.2, 0.25) is 0 Å². The molecule has 2 N–H and O–H groups in total. The van der Waals surface area contributed by atoms with Crippen LogP contribution in [0.1, 0.15) is 30.1 Å². The maximum absolute atomic E-state index is 11.1. The van der Waals surface area contributed by atoms with E-state index in [1.54, 1.807) is 37.7 Å². The predicted molar refractivity (Wildman–Crippen MR) is 94.8 cm³/mol. The summed E-state index contributed by atoms with van der Waals surface area (Å²) >= 11 is 0. The molecule has 2 atom stereocenters. The molecule has 1 saturated heterocycles. The number of ether oxygens (including phenoxy) is 1. The summed E-state index contributed by atoms with van der Waals surface area (Å²) in [7, 11) is 1.70. The lowest BCUT2D eigenvalue weighted by molar-refractivity contribution is 0.0283. The van der Waals surface area contributed by atoms with Crippen LogP contribution in [0, 0.1) is 0 Å². The highest BCUT2D eigenvalue weighted by molar-refractivity contribution is 5.88. The van der Waals surface area contributed by atoms with E-state index in [0.717, 1.165) is 25.1 Å². The molecule has 0 saturated carbocycles. The lowest BCUT2D eigenvalue weighted by Gasteiger charge is -2.50. The van der Waals surface area contributed by atoms with E-state index >= 15 is 0 Å². The van der Waals surface area contributed by atoms with E-state index in [1.807, 2.05) is 12.1 Å². The third-order valence-electron chi connectivity index (χ3n) is 4.68. The first-order chi connectivity index (χ1) is 12.0. The molecule has 7 nitrogen and oxygen atoms in total. The van der Waals surface area contributed by atoms with Crippen LogP contribution in [0.25, 0.3) is 0 Å². The van der Waals surface area contributed by atoms with Crippen LogP contribution in [0.4, 0.5) is 11.6 Å². The maximum Gasteiger partial charge on any atom is 0.335 e. The van der Waals surface area contributed by atoms with Crippen molar-refractivity contribution >= 4 is 17.6 Å². The normalized spacial score (nSPS) is 23.3. The van der Waals surface area contributed by atoms with Gasteiger partial charge >= 0.3 is 5.97 Å². The highest BCUT2D eigenvalue weighted by Gasteiger charge is 2.43. The van der Waals surface area contributed by atoms with E-state index in [1.165, 1.54) is 0 Å². The monoisotopic (exact) mass is 342 g/mol.